The number of fused-ring (bicyclic) bond motifs is 1. The number of nitrogens with one attached hydrogen (secondary N) is 1. The van der Waals surface area contributed by atoms with Crippen LogP contribution in [0.15, 0.2) is 42.5 Å². The van der Waals surface area contributed by atoms with Crippen molar-refractivity contribution in [3.8, 4) is 5.75 Å². The lowest BCUT2D eigenvalue weighted by atomic mass is 10.0. The topological polar surface area (TPSA) is 68.4 Å². The van der Waals surface area contributed by atoms with Gasteiger partial charge in [-0.05, 0) is 24.3 Å². The van der Waals surface area contributed by atoms with E-state index >= 15 is 0 Å². The highest BCUT2D eigenvalue weighted by Gasteiger charge is 2.22. The third-order valence-corrected chi connectivity index (χ3v) is 4.21. The summed E-state index contributed by atoms with van der Waals surface area (Å²) in [6.07, 6.45) is -0.0107. The summed E-state index contributed by atoms with van der Waals surface area (Å²) in [5.74, 6) is -0.0693. The van der Waals surface area contributed by atoms with E-state index in [0.29, 0.717) is 33.1 Å². The maximum atomic E-state index is 13.0. The highest BCUT2D eigenvalue weighted by atomic mass is 35.5. The van der Waals surface area contributed by atoms with Crippen LogP contribution >= 0.6 is 11.6 Å². The van der Waals surface area contributed by atoms with Crippen molar-refractivity contribution in [2.75, 3.05) is 14.2 Å². The molecule has 0 aliphatic rings. The summed E-state index contributed by atoms with van der Waals surface area (Å²) >= 11 is 6.04. The Morgan fingerprint density at radius 3 is 2.64 bits per heavy atom. The minimum absolute atomic E-state index is 0.0107. The van der Waals surface area contributed by atoms with E-state index in [-0.39, 0.29) is 12.2 Å². The van der Waals surface area contributed by atoms with Gasteiger partial charge in [0.15, 0.2) is 0 Å². The van der Waals surface area contributed by atoms with Crippen molar-refractivity contribution in [1.82, 2.24) is 4.98 Å². The average molecular weight is 358 g/mol. The molecule has 25 heavy (non-hydrogen) atoms. The molecule has 3 rings (SSSR count). The molecular formula is C19H16ClNO4. The summed E-state index contributed by atoms with van der Waals surface area (Å²) in [4.78, 5) is 27.9. The van der Waals surface area contributed by atoms with Crippen molar-refractivity contribution in [3.05, 3.63) is 64.3 Å². The summed E-state index contributed by atoms with van der Waals surface area (Å²) in [6, 6.07) is 12.1. The number of hydrogen-bond donors (Lipinski definition) is 1. The second-order valence-electron chi connectivity index (χ2n) is 5.48. The van der Waals surface area contributed by atoms with Crippen molar-refractivity contribution < 1.29 is 19.1 Å². The molecule has 0 spiro atoms. The molecule has 0 bridgehead atoms. The molecule has 0 atom stereocenters. The molecule has 0 aliphatic carbocycles. The highest BCUT2D eigenvalue weighted by Crippen LogP contribution is 2.28. The SMILES string of the molecule is COC(=O)Cc1c(C(=O)c2cccc(OC)c2)[nH]c2cc(Cl)ccc12. The van der Waals surface area contributed by atoms with E-state index < -0.39 is 5.97 Å². The molecule has 1 N–H and O–H groups in total. The molecule has 5 nitrogen and oxygen atoms in total. The summed E-state index contributed by atoms with van der Waals surface area (Å²) in [6.45, 7) is 0. The van der Waals surface area contributed by atoms with Gasteiger partial charge in [-0.25, -0.2) is 0 Å². The molecular weight excluding hydrogens is 342 g/mol. The Morgan fingerprint density at radius 1 is 1.12 bits per heavy atom. The number of esters is 1. The predicted octanol–water partition coefficient (Wildman–Crippen LogP) is 3.78. The maximum absolute atomic E-state index is 13.0. The Hall–Kier alpha value is -2.79. The molecule has 0 amide bonds. The van der Waals surface area contributed by atoms with Crippen LogP contribution in [0.3, 0.4) is 0 Å². The first kappa shape index (κ1) is 17.0. The molecule has 1 heterocycles. The number of benzene rings is 2. The number of halogens is 1. The van der Waals surface area contributed by atoms with Gasteiger partial charge in [-0.15, -0.1) is 0 Å². The van der Waals surface area contributed by atoms with E-state index in [9.17, 15) is 9.59 Å². The quantitative estimate of drug-likeness (QED) is 0.557. The maximum Gasteiger partial charge on any atom is 0.310 e. The number of methoxy groups -OCH3 is 2. The normalized spacial score (nSPS) is 10.7. The summed E-state index contributed by atoms with van der Waals surface area (Å²) < 4.78 is 9.94. The van der Waals surface area contributed by atoms with Gasteiger partial charge in [0.25, 0.3) is 0 Å². The average Bonchev–Trinajstić information content (AvgIpc) is 2.98. The van der Waals surface area contributed by atoms with Crippen LogP contribution in [0.2, 0.25) is 5.02 Å². The van der Waals surface area contributed by atoms with Gasteiger partial charge < -0.3 is 14.5 Å². The van der Waals surface area contributed by atoms with Gasteiger partial charge in [0.1, 0.15) is 5.75 Å². The molecule has 6 heteroatoms. The van der Waals surface area contributed by atoms with E-state index in [1.165, 1.54) is 14.2 Å². The van der Waals surface area contributed by atoms with Gasteiger partial charge in [0.2, 0.25) is 5.78 Å². The Kier molecular flexibility index (Phi) is 4.76. The first-order valence-corrected chi connectivity index (χ1v) is 7.97. The van der Waals surface area contributed by atoms with Crippen molar-refractivity contribution in [2.45, 2.75) is 6.42 Å². The van der Waals surface area contributed by atoms with Crippen LogP contribution in [0.1, 0.15) is 21.6 Å². The number of aromatic nitrogens is 1. The Morgan fingerprint density at radius 2 is 1.92 bits per heavy atom. The van der Waals surface area contributed by atoms with Crippen LogP contribution in [0.25, 0.3) is 10.9 Å². The van der Waals surface area contributed by atoms with Crippen LogP contribution in [0.4, 0.5) is 0 Å². The number of aromatic amines is 1. The van der Waals surface area contributed by atoms with Crippen molar-refractivity contribution in [2.24, 2.45) is 0 Å². The fourth-order valence-corrected chi connectivity index (χ4v) is 2.90. The fraction of sp³-hybridized carbons (Fsp3) is 0.158. The number of carbonyl (C=O) groups excluding carboxylic acids is 2. The van der Waals surface area contributed by atoms with Crippen molar-refractivity contribution in [3.63, 3.8) is 0 Å². The third kappa shape index (κ3) is 3.37. The van der Waals surface area contributed by atoms with Gasteiger partial charge in [0, 0.05) is 27.1 Å². The molecule has 128 valence electrons. The Bertz CT molecular complexity index is 961. The number of H-pyrrole nitrogens is 1. The number of carbonyl (C=O) groups is 2. The van der Waals surface area contributed by atoms with Gasteiger partial charge in [-0.2, -0.15) is 0 Å². The fourth-order valence-electron chi connectivity index (χ4n) is 2.73. The van der Waals surface area contributed by atoms with Gasteiger partial charge in [0.05, 0.1) is 26.3 Å². The van der Waals surface area contributed by atoms with E-state index in [0.717, 1.165) is 5.39 Å². The lowest BCUT2D eigenvalue weighted by molar-refractivity contribution is -0.139. The second kappa shape index (κ2) is 6.99. The molecule has 2 aromatic carbocycles. The molecule has 0 unspecified atom stereocenters. The van der Waals surface area contributed by atoms with Gasteiger partial charge in [-0.3, -0.25) is 9.59 Å². The monoisotopic (exact) mass is 357 g/mol. The first-order chi connectivity index (χ1) is 12.0. The lowest BCUT2D eigenvalue weighted by Crippen LogP contribution is -2.10. The van der Waals surface area contributed by atoms with Crippen molar-refractivity contribution in [1.29, 1.82) is 0 Å². The smallest absolute Gasteiger partial charge is 0.310 e. The number of ether oxygens (including phenoxy) is 2. The zero-order valence-electron chi connectivity index (χ0n) is 13.8. The van der Waals surface area contributed by atoms with E-state index in [4.69, 9.17) is 21.1 Å². The van der Waals surface area contributed by atoms with Crippen molar-refractivity contribution >= 4 is 34.3 Å². The Labute approximate surface area is 149 Å². The zero-order valence-corrected chi connectivity index (χ0v) is 14.5. The van der Waals surface area contributed by atoms with Crippen LogP contribution in [0.5, 0.6) is 5.75 Å². The first-order valence-electron chi connectivity index (χ1n) is 7.59. The summed E-state index contributed by atoms with van der Waals surface area (Å²) in [5, 5.41) is 1.31. The predicted molar refractivity (Wildman–Crippen MR) is 95.5 cm³/mol. The van der Waals surface area contributed by atoms with Crippen LogP contribution in [-0.4, -0.2) is 31.0 Å². The number of rotatable bonds is 5. The molecule has 0 fully saturated rings. The minimum atomic E-state index is -0.421. The summed E-state index contributed by atoms with van der Waals surface area (Å²) in [5.41, 5.74) is 2.09. The van der Waals surface area contributed by atoms with Crippen LogP contribution < -0.4 is 4.74 Å². The van der Waals surface area contributed by atoms with Gasteiger partial charge >= 0.3 is 5.97 Å². The number of ketones is 1. The molecule has 0 saturated heterocycles. The summed E-state index contributed by atoms with van der Waals surface area (Å²) in [7, 11) is 2.86. The molecule has 0 radical (unpaired) electrons. The number of hydrogen-bond acceptors (Lipinski definition) is 4. The van der Waals surface area contributed by atoms with E-state index in [1.54, 1.807) is 42.5 Å². The molecule has 0 saturated carbocycles. The van der Waals surface area contributed by atoms with Crippen LogP contribution in [-0.2, 0) is 16.0 Å². The standard InChI is InChI=1S/C19H16ClNO4/c1-24-13-5-3-4-11(8-13)19(23)18-15(10-17(22)25-2)14-7-6-12(20)9-16(14)21-18/h3-9,21H,10H2,1-2H3. The highest BCUT2D eigenvalue weighted by molar-refractivity contribution is 6.31. The largest absolute Gasteiger partial charge is 0.497 e. The second-order valence-corrected chi connectivity index (χ2v) is 5.92. The zero-order chi connectivity index (χ0) is 18.0. The van der Waals surface area contributed by atoms with Gasteiger partial charge in [-0.1, -0.05) is 29.8 Å². The van der Waals surface area contributed by atoms with E-state index in [2.05, 4.69) is 4.98 Å². The Balaban J connectivity index is 2.14. The molecule has 0 aliphatic heterocycles. The molecule has 3 aromatic rings. The van der Waals surface area contributed by atoms with E-state index in [1.807, 2.05) is 0 Å². The molecule has 1 aromatic heterocycles. The third-order valence-electron chi connectivity index (χ3n) is 3.98. The lowest BCUT2D eigenvalue weighted by Gasteiger charge is -2.05. The van der Waals surface area contributed by atoms with Crippen LogP contribution in [0, 0.1) is 0 Å². The minimum Gasteiger partial charge on any atom is -0.497 e.